The van der Waals surface area contributed by atoms with Crippen molar-refractivity contribution >= 4 is 85.3 Å². The number of benzene rings is 6. The van der Waals surface area contributed by atoms with Gasteiger partial charge < -0.3 is 13.1 Å². The van der Waals surface area contributed by atoms with Crippen LogP contribution in [-0.4, -0.2) is 32.7 Å². The first-order chi connectivity index (χ1) is 25.3. The molecule has 0 aliphatic carbocycles. The van der Waals surface area contributed by atoms with Crippen molar-refractivity contribution in [2.24, 2.45) is 0 Å². The minimum atomic E-state index is -1.53. The molecule has 11 aromatic rings. The van der Waals surface area contributed by atoms with Gasteiger partial charge in [-0.2, -0.15) is 4.98 Å². The van der Waals surface area contributed by atoms with Crippen LogP contribution in [0.15, 0.2) is 167 Å². The summed E-state index contributed by atoms with van der Waals surface area (Å²) in [5, 5.41) is 7.01. The van der Waals surface area contributed by atoms with Gasteiger partial charge in [0.15, 0.2) is 17.6 Å². The minimum Gasteiger partial charge on any atom is -0.443 e. The first kappa shape index (κ1) is 30.5. The van der Waals surface area contributed by atoms with Crippen molar-refractivity contribution in [3.8, 4) is 17.3 Å². The fourth-order valence-electron chi connectivity index (χ4n) is 7.65. The Morgan fingerprint density at radius 1 is 0.519 bits per heavy atom. The van der Waals surface area contributed by atoms with E-state index in [0.717, 1.165) is 66.3 Å². The summed E-state index contributed by atoms with van der Waals surface area (Å²) in [6.45, 7) is 0. The predicted octanol–water partition coefficient (Wildman–Crippen LogP) is 8.89. The largest absolute Gasteiger partial charge is 0.443 e. The van der Waals surface area contributed by atoms with Crippen LogP contribution < -0.4 is 10.4 Å². The molecule has 11 rings (SSSR count). The Morgan fingerprint density at radius 3 is 1.96 bits per heavy atom. The van der Waals surface area contributed by atoms with Crippen LogP contribution in [0.5, 0.6) is 0 Å². The molecule has 7 nitrogen and oxygen atoms in total. The van der Waals surface area contributed by atoms with E-state index < -0.39 is 8.96 Å². The zero-order valence-electron chi connectivity index (χ0n) is 27.4. The van der Waals surface area contributed by atoms with Crippen molar-refractivity contribution in [2.45, 2.75) is 0 Å². The number of hydrogen-bond donors (Lipinski definition) is 0. The van der Waals surface area contributed by atoms with Crippen LogP contribution >= 0.6 is 0 Å². The summed E-state index contributed by atoms with van der Waals surface area (Å²) < 4.78 is 17.0. The Morgan fingerprint density at radius 2 is 1.19 bits per heavy atom. The van der Waals surface area contributed by atoms with Gasteiger partial charge in [-0.1, -0.05) is 109 Å². The number of nitrogens with zero attached hydrogens (tertiary/aromatic N) is 5. The average Bonchev–Trinajstić information content (AvgIpc) is 3.98. The van der Waals surface area contributed by atoms with E-state index in [1.54, 1.807) is 0 Å². The van der Waals surface area contributed by atoms with E-state index in [9.17, 15) is 0 Å². The first-order valence-electron chi connectivity index (χ1n) is 16.9. The Hall–Kier alpha value is -6.27. The average molecular weight is 732 g/mol. The molecular formula is C43H26CoN5O2Si. The summed E-state index contributed by atoms with van der Waals surface area (Å²) in [4.78, 5) is 15.1. The Kier molecular flexibility index (Phi) is 7.00. The van der Waals surface area contributed by atoms with Crippen molar-refractivity contribution < 1.29 is 25.6 Å². The van der Waals surface area contributed by atoms with Gasteiger partial charge in [0.25, 0.3) is 0 Å². The molecule has 0 saturated carbocycles. The van der Waals surface area contributed by atoms with Gasteiger partial charge in [-0.05, 0) is 52.8 Å². The van der Waals surface area contributed by atoms with Gasteiger partial charge in [0, 0.05) is 49.4 Å². The second-order valence-corrected chi connectivity index (χ2v) is 15.0. The number of aromatic nitrogens is 5. The van der Waals surface area contributed by atoms with Crippen LogP contribution in [0, 0.1) is 0 Å². The molecule has 0 bridgehead atoms. The van der Waals surface area contributed by atoms with Crippen molar-refractivity contribution in [3.63, 3.8) is 0 Å². The molecular weight excluding hydrogens is 706 g/mol. The second-order valence-electron chi connectivity index (χ2n) is 12.7. The molecule has 5 heterocycles. The number of pyridine rings is 1. The predicted molar refractivity (Wildman–Crippen MR) is 205 cm³/mol. The maximum absolute atomic E-state index is 6.76. The van der Waals surface area contributed by atoms with Crippen LogP contribution in [0.3, 0.4) is 0 Å². The fourth-order valence-corrected chi connectivity index (χ4v) is 10.4. The quantitative estimate of drug-likeness (QED) is 0.165. The van der Waals surface area contributed by atoms with Crippen molar-refractivity contribution in [1.82, 2.24) is 23.8 Å². The van der Waals surface area contributed by atoms with Gasteiger partial charge in [0.2, 0.25) is 8.96 Å². The van der Waals surface area contributed by atoms with Crippen LogP contribution in [0.1, 0.15) is 0 Å². The van der Waals surface area contributed by atoms with E-state index in [4.69, 9.17) is 18.8 Å². The van der Waals surface area contributed by atoms with Gasteiger partial charge in [-0.25, -0.2) is 14.5 Å². The van der Waals surface area contributed by atoms with Gasteiger partial charge >= 0.3 is 6.01 Å². The third-order valence-electron chi connectivity index (χ3n) is 9.85. The summed E-state index contributed by atoms with van der Waals surface area (Å²) >= 11 is 0. The third-order valence-corrected chi connectivity index (χ3v) is 12.5. The summed E-state index contributed by atoms with van der Waals surface area (Å²) in [6, 6.07) is 53.5. The van der Waals surface area contributed by atoms with E-state index in [-0.39, 0.29) is 16.8 Å². The van der Waals surface area contributed by atoms with E-state index in [1.165, 1.54) is 27.7 Å². The number of fused-ring (bicyclic) bond motifs is 9. The summed E-state index contributed by atoms with van der Waals surface area (Å²) in [5.41, 5.74) is 8.71. The van der Waals surface area contributed by atoms with Crippen LogP contribution in [-0.2, 0) is 16.8 Å². The van der Waals surface area contributed by atoms with Crippen molar-refractivity contribution in [2.75, 3.05) is 0 Å². The fraction of sp³-hybridized carbons (Fsp3) is 0. The first-order valence-corrected chi connectivity index (χ1v) is 18.3. The second kappa shape index (κ2) is 11.9. The molecule has 2 radical (unpaired) electrons. The SMILES string of the molecule is [Co].c1ccc([Si](c2ccccc2)n2c3ccccc3c3ccc4oc(-n5c6ccccc6c6ccc(-c7cccc8ocnc78)nc65)nc4c32)cc1. The zero-order valence-corrected chi connectivity index (χ0v) is 29.4. The maximum Gasteiger partial charge on any atom is 0.309 e. The molecule has 248 valence electrons. The van der Waals surface area contributed by atoms with Gasteiger partial charge in [-0.15, -0.1) is 0 Å². The number of rotatable bonds is 5. The van der Waals surface area contributed by atoms with Crippen LogP contribution in [0.25, 0.3) is 83.2 Å². The molecule has 0 aliphatic rings. The molecule has 0 N–H and O–H groups in total. The van der Waals surface area contributed by atoms with Crippen molar-refractivity contribution in [1.29, 1.82) is 0 Å². The molecule has 0 amide bonds. The zero-order chi connectivity index (χ0) is 33.5. The maximum atomic E-state index is 6.76. The van der Waals surface area contributed by atoms with Crippen LogP contribution in [0.4, 0.5) is 0 Å². The Bertz CT molecular complexity index is 3070. The van der Waals surface area contributed by atoms with Gasteiger partial charge in [-0.3, -0.25) is 0 Å². The number of oxazole rings is 2. The third kappa shape index (κ3) is 4.47. The molecule has 0 atom stereocenters. The summed E-state index contributed by atoms with van der Waals surface area (Å²) in [5.74, 6) is 0. The monoisotopic (exact) mass is 731 g/mol. The molecule has 0 fully saturated rings. The van der Waals surface area contributed by atoms with E-state index in [0.29, 0.717) is 6.01 Å². The Balaban J connectivity index is 0.00000338. The van der Waals surface area contributed by atoms with Crippen LogP contribution in [0.2, 0.25) is 0 Å². The minimum absolute atomic E-state index is 0. The Labute approximate surface area is 308 Å². The number of para-hydroxylation sites is 3. The molecule has 0 aliphatic heterocycles. The van der Waals surface area contributed by atoms with Gasteiger partial charge in [0.1, 0.15) is 16.7 Å². The standard InChI is InChI=1S/C43H26N5O2Si.Co/c1-3-12-27(13-4-1)51(28-14-5-2-6-15-28)48-36-20-10-8-16-29(36)31-23-25-38-40(41(31)48)46-43(50-38)47-35-19-9-7-17-30(35)32-22-24-34(45-42(32)47)33-18-11-21-37-39(33)44-26-49-37;/h1-26H;. The van der Waals surface area contributed by atoms with E-state index >= 15 is 0 Å². The molecule has 0 spiro atoms. The van der Waals surface area contributed by atoms with E-state index in [1.807, 2.05) is 30.3 Å². The molecule has 5 aromatic heterocycles. The number of hydrogen-bond acceptors (Lipinski definition) is 5. The smallest absolute Gasteiger partial charge is 0.309 e. The van der Waals surface area contributed by atoms with Crippen molar-refractivity contribution in [3.05, 3.63) is 158 Å². The molecule has 0 unspecified atom stereocenters. The van der Waals surface area contributed by atoms with E-state index in [2.05, 4.69) is 135 Å². The molecule has 9 heteroatoms. The molecule has 0 saturated heterocycles. The van der Waals surface area contributed by atoms with Gasteiger partial charge in [0.05, 0.1) is 16.7 Å². The summed E-state index contributed by atoms with van der Waals surface area (Å²) in [7, 11) is -1.53. The molecule has 52 heavy (non-hydrogen) atoms. The summed E-state index contributed by atoms with van der Waals surface area (Å²) in [6.07, 6.45) is 1.48. The normalized spacial score (nSPS) is 11.9. The topological polar surface area (TPSA) is 74.8 Å². The molecule has 6 aromatic carbocycles.